The average Bonchev–Trinajstić information content (AvgIpc) is 2.93. The Labute approximate surface area is 126 Å². The van der Waals surface area contributed by atoms with Gasteiger partial charge in [0.15, 0.2) is 0 Å². The fourth-order valence-corrected chi connectivity index (χ4v) is 2.17. The van der Waals surface area contributed by atoms with Crippen LogP contribution in [-0.4, -0.2) is 43.1 Å². The summed E-state index contributed by atoms with van der Waals surface area (Å²) in [6.07, 6.45) is 1.03. The van der Waals surface area contributed by atoms with Gasteiger partial charge >= 0.3 is 5.97 Å². The minimum Gasteiger partial charge on any atom is -0.491 e. The molecule has 1 N–H and O–H groups in total. The van der Waals surface area contributed by atoms with Crippen LogP contribution in [-0.2, 0) is 4.79 Å². The van der Waals surface area contributed by atoms with Gasteiger partial charge in [-0.2, -0.15) is 4.68 Å². The van der Waals surface area contributed by atoms with E-state index >= 15 is 0 Å². The number of aromatic nitrogens is 4. The standard InChI is InChI=1S/C13H16N4O3S/c1-3-9(2)20-11-6-4-5-10(7-11)17-13(14-15-16-17)21-8-12(18)19/h4-7,9H,3,8H2,1-2H3,(H,18,19). The first-order chi connectivity index (χ1) is 10.1. The molecule has 1 aromatic heterocycles. The van der Waals surface area contributed by atoms with Crippen molar-refractivity contribution in [1.82, 2.24) is 20.2 Å². The van der Waals surface area contributed by atoms with Crippen LogP contribution < -0.4 is 4.74 Å². The van der Waals surface area contributed by atoms with Gasteiger partial charge in [0.2, 0.25) is 5.16 Å². The van der Waals surface area contributed by atoms with E-state index in [-0.39, 0.29) is 11.9 Å². The van der Waals surface area contributed by atoms with E-state index in [0.717, 1.165) is 29.6 Å². The average molecular weight is 308 g/mol. The molecule has 0 bridgehead atoms. The maximum atomic E-state index is 10.6. The highest BCUT2D eigenvalue weighted by Gasteiger charge is 2.12. The van der Waals surface area contributed by atoms with Gasteiger partial charge < -0.3 is 9.84 Å². The molecular formula is C13H16N4O3S. The normalized spacial score (nSPS) is 12.1. The van der Waals surface area contributed by atoms with Gasteiger partial charge in [-0.3, -0.25) is 4.79 Å². The molecule has 0 radical (unpaired) electrons. The molecule has 0 fully saturated rings. The summed E-state index contributed by atoms with van der Waals surface area (Å²) in [5, 5.41) is 20.5. The predicted octanol–water partition coefficient (Wildman–Crippen LogP) is 2.02. The van der Waals surface area contributed by atoms with E-state index in [9.17, 15) is 4.79 Å². The number of benzene rings is 1. The molecule has 1 aromatic carbocycles. The number of carbonyl (C=O) groups is 1. The molecule has 8 heteroatoms. The van der Waals surface area contributed by atoms with Crippen LogP contribution in [0, 0.1) is 0 Å². The predicted molar refractivity (Wildman–Crippen MR) is 77.9 cm³/mol. The Morgan fingerprint density at radius 3 is 3.05 bits per heavy atom. The Bertz CT molecular complexity index is 617. The quantitative estimate of drug-likeness (QED) is 0.782. The molecule has 0 saturated heterocycles. The van der Waals surface area contributed by atoms with E-state index in [1.807, 2.05) is 31.2 Å². The first kappa shape index (κ1) is 15.3. The summed E-state index contributed by atoms with van der Waals surface area (Å²) < 4.78 is 7.25. The summed E-state index contributed by atoms with van der Waals surface area (Å²) in [4.78, 5) is 10.6. The first-order valence-corrected chi connectivity index (χ1v) is 7.48. The van der Waals surface area contributed by atoms with Crippen LogP contribution in [0.5, 0.6) is 5.75 Å². The number of carboxylic acid groups (broad SMARTS) is 1. The molecule has 0 spiro atoms. The van der Waals surface area contributed by atoms with Crippen LogP contribution in [0.15, 0.2) is 29.4 Å². The maximum absolute atomic E-state index is 10.6. The Balaban J connectivity index is 2.20. The fraction of sp³-hybridized carbons (Fsp3) is 0.385. The van der Waals surface area contributed by atoms with Gasteiger partial charge in [-0.05, 0) is 35.9 Å². The molecule has 7 nitrogen and oxygen atoms in total. The van der Waals surface area contributed by atoms with Crippen molar-refractivity contribution in [2.45, 2.75) is 31.5 Å². The molecule has 0 aliphatic carbocycles. The van der Waals surface area contributed by atoms with E-state index in [1.165, 1.54) is 4.68 Å². The summed E-state index contributed by atoms with van der Waals surface area (Å²) in [5.41, 5.74) is 0.730. The third-order valence-electron chi connectivity index (χ3n) is 2.74. The van der Waals surface area contributed by atoms with Crippen molar-refractivity contribution >= 4 is 17.7 Å². The Kier molecular flexibility index (Phi) is 5.15. The van der Waals surface area contributed by atoms with Crippen molar-refractivity contribution in [2.24, 2.45) is 0 Å². The molecule has 0 amide bonds. The lowest BCUT2D eigenvalue weighted by atomic mass is 10.3. The number of hydrogen-bond acceptors (Lipinski definition) is 6. The smallest absolute Gasteiger partial charge is 0.313 e. The van der Waals surface area contributed by atoms with Gasteiger partial charge in [0.1, 0.15) is 5.75 Å². The van der Waals surface area contributed by atoms with E-state index in [0.29, 0.717) is 5.16 Å². The molecule has 1 heterocycles. The number of aliphatic carboxylic acids is 1. The zero-order valence-corrected chi connectivity index (χ0v) is 12.6. The lowest BCUT2D eigenvalue weighted by Crippen LogP contribution is -2.10. The van der Waals surface area contributed by atoms with Gasteiger partial charge in [-0.25, -0.2) is 0 Å². The van der Waals surface area contributed by atoms with Crippen molar-refractivity contribution in [3.8, 4) is 11.4 Å². The minimum absolute atomic E-state index is 0.0938. The molecule has 112 valence electrons. The lowest BCUT2D eigenvalue weighted by molar-refractivity contribution is -0.133. The number of hydrogen-bond donors (Lipinski definition) is 1. The van der Waals surface area contributed by atoms with Gasteiger partial charge in [0, 0.05) is 6.07 Å². The number of tetrazole rings is 1. The second kappa shape index (κ2) is 7.07. The van der Waals surface area contributed by atoms with E-state index < -0.39 is 5.97 Å². The van der Waals surface area contributed by atoms with Crippen LogP contribution in [0.2, 0.25) is 0 Å². The second-order valence-corrected chi connectivity index (χ2v) is 5.33. The molecule has 21 heavy (non-hydrogen) atoms. The maximum Gasteiger partial charge on any atom is 0.313 e. The van der Waals surface area contributed by atoms with Gasteiger partial charge in [0.25, 0.3) is 0 Å². The van der Waals surface area contributed by atoms with E-state index in [1.54, 1.807) is 0 Å². The van der Waals surface area contributed by atoms with Crippen molar-refractivity contribution in [1.29, 1.82) is 0 Å². The summed E-state index contributed by atoms with van der Waals surface area (Å²) >= 11 is 1.07. The minimum atomic E-state index is -0.914. The Hall–Kier alpha value is -2.09. The van der Waals surface area contributed by atoms with Crippen LogP contribution >= 0.6 is 11.8 Å². The summed E-state index contributed by atoms with van der Waals surface area (Å²) in [6, 6.07) is 7.38. The lowest BCUT2D eigenvalue weighted by Gasteiger charge is -2.13. The molecule has 1 atom stereocenters. The highest BCUT2D eigenvalue weighted by atomic mass is 32.2. The number of carboxylic acids is 1. The zero-order chi connectivity index (χ0) is 15.2. The van der Waals surface area contributed by atoms with Crippen LogP contribution in [0.4, 0.5) is 0 Å². The van der Waals surface area contributed by atoms with Crippen molar-refractivity contribution < 1.29 is 14.6 Å². The van der Waals surface area contributed by atoms with E-state index in [2.05, 4.69) is 22.4 Å². The number of thioether (sulfide) groups is 1. The molecule has 0 aliphatic rings. The van der Waals surface area contributed by atoms with Crippen molar-refractivity contribution in [2.75, 3.05) is 5.75 Å². The molecule has 1 unspecified atom stereocenters. The third kappa shape index (κ3) is 4.19. The second-order valence-electron chi connectivity index (χ2n) is 4.39. The molecule has 0 saturated carbocycles. The summed E-state index contributed by atoms with van der Waals surface area (Å²) in [5.74, 6) is -0.279. The number of rotatable bonds is 7. The van der Waals surface area contributed by atoms with Crippen LogP contribution in [0.3, 0.4) is 0 Å². The van der Waals surface area contributed by atoms with E-state index in [4.69, 9.17) is 9.84 Å². The SMILES string of the molecule is CCC(C)Oc1cccc(-n2nnnc2SCC(=O)O)c1. The highest BCUT2D eigenvalue weighted by Crippen LogP contribution is 2.22. The number of ether oxygens (including phenoxy) is 1. The Morgan fingerprint density at radius 1 is 1.52 bits per heavy atom. The molecular weight excluding hydrogens is 292 g/mol. The topological polar surface area (TPSA) is 90.1 Å². The van der Waals surface area contributed by atoms with Gasteiger partial charge in [-0.1, -0.05) is 24.8 Å². The molecule has 2 rings (SSSR count). The first-order valence-electron chi connectivity index (χ1n) is 6.50. The van der Waals surface area contributed by atoms with Crippen LogP contribution in [0.25, 0.3) is 5.69 Å². The van der Waals surface area contributed by atoms with Gasteiger partial charge in [-0.15, -0.1) is 5.10 Å². The third-order valence-corrected chi connectivity index (χ3v) is 3.64. The van der Waals surface area contributed by atoms with Crippen molar-refractivity contribution in [3.05, 3.63) is 24.3 Å². The van der Waals surface area contributed by atoms with Crippen LogP contribution in [0.1, 0.15) is 20.3 Å². The zero-order valence-electron chi connectivity index (χ0n) is 11.8. The van der Waals surface area contributed by atoms with Gasteiger partial charge in [0.05, 0.1) is 17.5 Å². The number of nitrogens with zero attached hydrogens (tertiary/aromatic N) is 4. The summed E-state index contributed by atoms with van der Waals surface area (Å²) in [6.45, 7) is 4.05. The monoisotopic (exact) mass is 308 g/mol. The summed E-state index contributed by atoms with van der Waals surface area (Å²) in [7, 11) is 0. The highest BCUT2D eigenvalue weighted by molar-refractivity contribution is 7.99. The Morgan fingerprint density at radius 2 is 2.33 bits per heavy atom. The largest absolute Gasteiger partial charge is 0.491 e. The molecule has 0 aliphatic heterocycles. The molecule has 2 aromatic rings. The van der Waals surface area contributed by atoms with Crippen molar-refractivity contribution in [3.63, 3.8) is 0 Å². The fourth-order valence-electron chi connectivity index (χ4n) is 1.56.